The molecule has 1 heterocycles. The Kier molecular flexibility index (Phi) is 4.75. The number of hydrogen-bond acceptors (Lipinski definition) is 3. The molecular formula is C15H16N2O3. The molecule has 2 amide bonds. The lowest BCUT2D eigenvalue weighted by Gasteiger charge is -2.19. The summed E-state index contributed by atoms with van der Waals surface area (Å²) in [6.07, 6.45) is 0.751. The Morgan fingerprint density at radius 2 is 2.30 bits per heavy atom. The minimum atomic E-state index is -0.218. The summed E-state index contributed by atoms with van der Waals surface area (Å²) in [5.41, 5.74) is 1.17. The molecule has 2 N–H and O–H groups in total. The maximum absolute atomic E-state index is 12.4. The lowest BCUT2D eigenvalue weighted by molar-refractivity contribution is -0.121. The topological polar surface area (TPSA) is 69.6 Å². The van der Waals surface area contributed by atoms with E-state index in [0.717, 1.165) is 6.42 Å². The van der Waals surface area contributed by atoms with Crippen molar-refractivity contribution in [2.24, 2.45) is 0 Å². The molecule has 0 spiro atoms. The van der Waals surface area contributed by atoms with Gasteiger partial charge in [0.2, 0.25) is 5.91 Å². The Labute approximate surface area is 117 Å². The van der Waals surface area contributed by atoms with E-state index in [-0.39, 0.29) is 25.0 Å². The van der Waals surface area contributed by atoms with Crippen LogP contribution in [0.25, 0.3) is 0 Å². The van der Waals surface area contributed by atoms with Crippen molar-refractivity contribution in [1.82, 2.24) is 10.2 Å². The molecule has 0 radical (unpaired) electrons. The largest absolute Gasteiger partial charge is 0.384 e. The second kappa shape index (κ2) is 6.73. The van der Waals surface area contributed by atoms with Gasteiger partial charge >= 0.3 is 0 Å². The summed E-state index contributed by atoms with van der Waals surface area (Å²) in [6.45, 7) is 1.03. The molecule has 0 atom stereocenters. The quantitative estimate of drug-likeness (QED) is 0.707. The van der Waals surface area contributed by atoms with Gasteiger partial charge < -0.3 is 15.3 Å². The van der Waals surface area contributed by atoms with Crippen molar-refractivity contribution in [3.05, 3.63) is 35.4 Å². The Morgan fingerprint density at radius 3 is 3.10 bits per heavy atom. The first-order chi connectivity index (χ1) is 9.70. The summed E-state index contributed by atoms with van der Waals surface area (Å²) in [6, 6.07) is 6.89. The van der Waals surface area contributed by atoms with E-state index in [1.54, 1.807) is 29.2 Å². The molecule has 0 aromatic heterocycles. The molecule has 2 rings (SSSR count). The lowest BCUT2D eigenvalue weighted by atomic mass is 10.1. The highest BCUT2D eigenvalue weighted by atomic mass is 16.2. The van der Waals surface area contributed by atoms with Gasteiger partial charge in [0.1, 0.15) is 6.61 Å². The molecule has 0 aliphatic carbocycles. The molecule has 1 aliphatic rings. The number of nitrogens with zero attached hydrogens (tertiary/aromatic N) is 1. The SMILES string of the molecule is O=C1CN(C(=O)c2cccc(C#CCO)c2)CCCN1. The number of aliphatic hydroxyl groups excluding tert-OH is 1. The van der Waals surface area contributed by atoms with Crippen molar-refractivity contribution in [3.8, 4) is 11.8 Å². The molecule has 1 fully saturated rings. The number of carbonyl (C=O) groups is 2. The predicted octanol–water partition coefficient (Wildman–Crippen LogP) is -0.00750. The number of hydrogen-bond donors (Lipinski definition) is 2. The van der Waals surface area contributed by atoms with E-state index in [1.807, 2.05) is 0 Å². The van der Waals surface area contributed by atoms with E-state index in [9.17, 15) is 9.59 Å². The number of amides is 2. The molecule has 0 unspecified atom stereocenters. The summed E-state index contributed by atoms with van der Waals surface area (Å²) in [7, 11) is 0. The third-order valence-electron chi connectivity index (χ3n) is 2.97. The summed E-state index contributed by atoms with van der Waals surface area (Å²) >= 11 is 0. The highest BCUT2D eigenvalue weighted by Gasteiger charge is 2.20. The van der Waals surface area contributed by atoms with E-state index < -0.39 is 0 Å². The maximum atomic E-state index is 12.4. The van der Waals surface area contributed by atoms with Crippen LogP contribution in [0.15, 0.2) is 24.3 Å². The number of benzene rings is 1. The van der Waals surface area contributed by atoms with Gasteiger partial charge in [0.15, 0.2) is 0 Å². The van der Waals surface area contributed by atoms with Crippen molar-refractivity contribution in [2.45, 2.75) is 6.42 Å². The van der Waals surface area contributed by atoms with E-state index >= 15 is 0 Å². The van der Waals surface area contributed by atoms with Crippen LogP contribution in [0.5, 0.6) is 0 Å². The molecular weight excluding hydrogens is 256 g/mol. The smallest absolute Gasteiger partial charge is 0.254 e. The van der Waals surface area contributed by atoms with Crippen LogP contribution < -0.4 is 5.32 Å². The number of nitrogens with one attached hydrogen (secondary N) is 1. The molecule has 1 aromatic carbocycles. The van der Waals surface area contributed by atoms with Crippen molar-refractivity contribution in [2.75, 3.05) is 26.2 Å². The minimum Gasteiger partial charge on any atom is -0.384 e. The third-order valence-corrected chi connectivity index (χ3v) is 2.97. The molecule has 1 aliphatic heterocycles. The van der Waals surface area contributed by atoms with Crippen LogP contribution in [0, 0.1) is 11.8 Å². The van der Waals surface area contributed by atoms with Gasteiger partial charge in [-0.1, -0.05) is 17.9 Å². The average molecular weight is 272 g/mol. The van der Waals surface area contributed by atoms with Crippen LogP contribution in [0.2, 0.25) is 0 Å². The Balaban J connectivity index is 2.17. The van der Waals surface area contributed by atoms with Gasteiger partial charge in [-0.3, -0.25) is 9.59 Å². The van der Waals surface area contributed by atoms with E-state index in [1.165, 1.54) is 0 Å². The van der Waals surface area contributed by atoms with Gasteiger partial charge in [0, 0.05) is 24.2 Å². The standard InChI is InChI=1S/C15H16N2O3/c18-9-2-5-12-4-1-6-13(10-12)15(20)17-8-3-7-16-14(19)11-17/h1,4,6,10,18H,3,7-9,11H2,(H,16,19). The normalized spacial score (nSPS) is 14.8. The fourth-order valence-corrected chi connectivity index (χ4v) is 2.03. The third kappa shape index (κ3) is 3.59. The fourth-order valence-electron chi connectivity index (χ4n) is 2.03. The van der Waals surface area contributed by atoms with E-state index in [0.29, 0.717) is 24.2 Å². The summed E-state index contributed by atoms with van der Waals surface area (Å²) in [5, 5.41) is 11.4. The van der Waals surface area contributed by atoms with E-state index in [2.05, 4.69) is 17.2 Å². The second-order valence-electron chi connectivity index (χ2n) is 4.47. The number of rotatable bonds is 1. The predicted molar refractivity (Wildman–Crippen MR) is 73.9 cm³/mol. The van der Waals surface area contributed by atoms with Gasteiger partial charge in [-0.05, 0) is 24.6 Å². The molecule has 20 heavy (non-hydrogen) atoms. The van der Waals surface area contributed by atoms with Crippen LogP contribution in [0.1, 0.15) is 22.3 Å². The second-order valence-corrected chi connectivity index (χ2v) is 4.47. The van der Waals surface area contributed by atoms with Crippen molar-refractivity contribution in [1.29, 1.82) is 0 Å². The summed E-state index contributed by atoms with van der Waals surface area (Å²) < 4.78 is 0. The van der Waals surface area contributed by atoms with Gasteiger partial charge in [0.25, 0.3) is 5.91 Å². The number of aliphatic hydroxyl groups is 1. The van der Waals surface area contributed by atoms with Crippen molar-refractivity contribution in [3.63, 3.8) is 0 Å². The Morgan fingerprint density at radius 1 is 1.45 bits per heavy atom. The molecule has 5 nitrogen and oxygen atoms in total. The van der Waals surface area contributed by atoms with E-state index in [4.69, 9.17) is 5.11 Å². The summed E-state index contributed by atoms with van der Waals surface area (Å²) in [5.74, 6) is 5.00. The zero-order chi connectivity index (χ0) is 14.4. The first-order valence-electron chi connectivity index (χ1n) is 6.46. The van der Waals surface area contributed by atoms with Crippen molar-refractivity contribution >= 4 is 11.8 Å². The first kappa shape index (κ1) is 14.1. The maximum Gasteiger partial charge on any atom is 0.254 e. The zero-order valence-electron chi connectivity index (χ0n) is 11.1. The van der Waals surface area contributed by atoms with Crippen molar-refractivity contribution < 1.29 is 14.7 Å². The Bertz CT molecular complexity index is 572. The lowest BCUT2D eigenvalue weighted by Crippen LogP contribution is -2.37. The first-order valence-corrected chi connectivity index (χ1v) is 6.46. The zero-order valence-corrected chi connectivity index (χ0v) is 11.1. The molecule has 1 aromatic rings. The monoisotopic (exact) mass is 272 g/mol. The fraction of sp³-hybridized carbons (Fsp3) is 0.333. The molecule has 104 valence electrons. The van der Waals surface area contributed by atoms with Crippen LogP contribution >= 0.6 is 0 Å². The van der Waals surface area contributed by atoms with Crippen LogP contribution in [-0.4, -0.2) is 48.1 Å². The highest BCUT2D eigenvalue weighted by molar-refractivity contribution is 5.97. The summed E-state index contributed by atoms with van der Waals surface area (Å²) in [4.78, 5) is 25.4. The Hall–Kier alpha value is -2.32. The number of carbonyl (C=O) groups excluding carboxylic acids is 2. The van der Waals surface area contributed by atoms with Crippen LogP contribution in [0.4, 0.5) is 0 Å². The molecule has 1 saturated heterocycles. The van der Waals surface area contributed by atoms with Gasteiger partial charge in [0.05, 0.1) is 6.54 Å². The van der Waals surface area contributed by atoms with Crippen LogP contribution in [-0.2, 0) is 4.79 Å². The highest BCUT2D eigenvalue weighted by Crippen LogP contribution is 2.09. The molecule has 0 saturated carbocycles. The molecule has 0 bridgehead atoms. The van der Waals surface area contributed by atoms with Crippen LogP contribution in [0.3, 0.4) is 0 Å². The minimum absolute atomic E-state index is 0.0887. The molecule has 5 heteroatoms. The average Bonchev–Trinajstić information content (AvgIpc) is 2.69. The van der Waals surface area contributed by atoms with Gasteiger partial charge in [-0.2, -0.15) is 0 Å². The van der Waals surface area contributed by atoms with Gasteiger partial charge in [-0.15, -0.1) is 0 Å². The van der Waals surface area contributed by atoms with Gasteiger partial charge in [-0.25, -0.2) is 0 Å².